The minimum absolute atomic E-state index is 0.238. The molecule has 6 heteroatoms. The van der Waals surface area contributed by atoms with E-state index in [1.165, 1.54) is 6.08 Å². The van der Waals surface area contributed by atoms with Gasteiger partial charge in [0.2, 0.25) is 5.91 Å². The summed E-state index contributed by atoms with van der Waals surface area (Å²) in [5.41, 5.74) is 1.49. The Balaban J connectivity index is 1.60. The fraction of sp³-hybridized carbons (Fsp3) is 0.348. The Kier molecular flexibility index (Phi) is 7.00. The average Bonchev–Trinajstić information content (AvgIpc) is 2.72. The van der Waals surface area contributed by atoms with Crippen molar-refractivity contribution in [1.82, 2.24) is 0 Å². The van der Waals surface area contributed by atoms with Crippen molar-refractivity contribution in [3.05, 3.63) is 48.0 Å². The van der Waals surface area contributed by atoms with Crippen LogP contribution >= 0.6 is 0 Å². The van der Waals surface area contributed by atoms with Crippen molar-refractivity contribution in [2.45, 2.75) is 20.3 Å². The number of carbonyl (C=O) groups excluding carboxylic acids is 1. The van der Waals surface area contributed by atoms with Crippen LogP contribution in [0.4, 0.5) is 5.69 Å². The van der Waals surface area contributed by atoms with Gasteiger partial charge in [0, 0.05) is 17.8 Å². The van der Waals surface area contributed by atoms with E-state index in [2.05, 4.69) is 19.2 Å². The van der Waals surface area contributed by atoms with Gasteiger partial charge in [0.05, 0.1) is 13.7 Å². The molecule has 2 aromatic carbocycles. The van der Waals surface area contributed by atoms with E-state index in [0.29, 0.717) is 54.4 Å². The number of rotatable bonds is 8. The first-order valence-electron chi connectivity index (χ1n) is 9.74. The topological polar surface area (TPSA) is 66.0 Å². The van der Waals surface area contributed by atoms with E-state index in [0.717, 1.165) is 12.0 Å². The number of hydrogen-bond donors (Lipinski definition) is 1. The van der Waals surface area contributed by atoms with Gasteiger partial charge >= 0.3 is 0 Å². The van der Waals surface area contributed by atoms with Gasteiger partial charge in [0.1, 0.15) is 13.2 Å². The van der Waals surface area contributed by atoms with Crippen molar-refractivity contribution in [2.24, 2.45) is 5.92 Å². The molecule has 0 atom stereocenters. The molecule has 1 heterocycles. The molecule has 1 aliphatic rings. The second kappa shape index (κ2) is 9.87. The monoisotopic (exact) mass is 397 g/mol. The third kappa shape index (κ3) is 5.91. The van der Waals surface area contributed by atoms with Gasteiger partial charge in [-0.3, -0.25) is 4.79 Å². The first kappa shape index (κ1) is 20.6. The van der Waals surface area contributed by atoms with Crippen molar-refractivity contribution in [2.75, 3.05) is 32.2 Å². The van der Waals surface area contributed by atoms with Crippen LogP contribution in [0.3, 0.4) is 0 Å². The number of hydrogen-bond acceptors (Lipinski definition) is 5. The Labute approximate surface area is 171 Å². The summed E-state index contributed by atoms with van der Waals surface area (Å²) in [7, 11) is 1.60. The summed E-state index contributed by atoms with van der Waals surface area (Å²) in [6.45, 7) is 5.99. The maximum Gasteiger partial charge on any atom is 0.248 e. The Morgan fingerprint density at radius 3 is 2.66 bits per heavy atom. The predicted octanol–water partition coefficient (Wildman–Crippen LogP) is 4.54. The Morgan fingerprint density at radius 2 is 1.90 bits per heavy atom. The SMILES string of the molecule is COc1cc(/C=C/C(=O)Nc2ccc3c(c2)OCCO3)ccc1OCCC(C)C. The quantitative estimate of drug-likeness (QED) is 0.663. The minimum atomic E-state index is -0.238. The van der Waals surface area contributed by atoms with Crippen LogP contribution < -0.4 is 24.3 Å². The van der Waals surface area contributed by atoms with Crippen molar-refractivity contribution < 1.29 is 23.7 Å². The minimum Gasteiger partial charge on any atom is -0.493 e. The van der Waals surface area contributed by atoms with Crippen LogP contribution in [0.15, 0.2) is 42.5 Å². The number of ether oxygens (including phenoxy) is 4. The fourth-order valence-electron chi connectivity index (χ4n) is 2.79. The molecule has 1 N–H and O–H groups in total. The average molecular weight is 397 g/mol. The summed E-state index contributed by atoms with van der Waals surface area (Å²) < 4.78 is 22.2. The van der Waals surface area contributed by atoms with Crippen LogP contribution in [0.25, 0.3) is 6.08 Å². The van der Waals surface area contributed by atoms with E-state index >= 15 is 0 Å². The zero-order valence-electron chi connectivity index (χ0n) is 17.1. The lowest BCUT2D eigenvalue weighted by Gasteiger charge is -2.18. The summed E-state index contributed by atoms with van der Waals surface area (Å²) in [5, 5.41) is 2.82. The number of methoxy groups -OCH3 is 1. The van der Waals surface area contributed by atoms with Crippen LogP contribution in [0.5, 0.6) is 23.0 Å². The lowest BCUT2D eigenvalue weighted by atomic mass is 10.1. The van der Waals surface area contributed by atoms with Gasteiger partial charge < -0.3 is 24.3 Å². The summed E-state index contributed by atoms with van der Waals surface area (Å²) in [4.78, 5) is 12.3. The van der Waals surface area contributed by atoms with Gasteiger partial charge in [-0.05, 0) is 48.2 Å². The van der Waals surface area contributed by atoms with Gasteiger partial charge in [0.25, 0.3) is 0 Å². The Bertz CT molecular complexity index is 876. The molecule has 154 valence electrons. The highest BCUT2D eigenvalue weighted by atomic mass is 16.6. The van der Waals surface area contributed by atoms with E-state index in [4.69, 9.17) is 18.9 Å². The highest BCUT2D eigenvalue weighted by Gasteiger charge is 2.12. The highest BCUT2D eigenvalue weighted by Crippen LogP contribution is 2.32. The largest absolute Gasteiger partial charge is 0.493 e. The predicted molar refractivity (Wildman–Crippen MR) is 113 cm³/mol. The summed E-state index contributed by atoms with van der Waals surface area (Å²) in [6.07, 6.45) is 4.18. The second-order valence-corrected chi connectivity index (χ2v) is 7.12. The molecule has 0 saturated heterocycles. The molecule has 1 aliphatic heterocycles. The lowest BCUT2D eigenvalue weighted by molar-refractivity contribution is -0.111. The molecule has 29 heavy (non-hydrogen) atoms. The number of anilines is 1. The Morgan fingerprint density at radius 1 is 1.10 bits per heavy atom. The summed E-state index contributed by atoms with van der Waals surface area (Å²) in [5.74, 6) is 3.01. The number of amides is 1. The molecule has 2 aromatic rings. The van der Waals surface area contributed by atoms with Crippen LogP contribution in [0.2, 0.25) is 0 Å². The lowest BCUT2D eigenvalue weighted by Crippen LogP contribution is -2.16. The molecule has 0 saturated carbocycles. The molecule has 3 rings (SSSR count). The Hall–Kier alpha value is -3.15. The molecule has 0 spiro atoms. The first-order chi connectivity index (χ1) is 14.0. The van der Waals surface area contributed by atoms with Crippen molar-refractivity contribution in [3.8, 4) is 23.0 Å². The number of benzene rings is 2. The van der Waals surface area contributed by atoms with E-state index in [9.17, 15) is 4.79 Å². The molecule has 0 aliphatic carbocycles. The number of fused-ring (bicyclic) bond motifs is 1. The fourth-order valence-corrected chi connectivity index (χ4v) is 2.79. The van der Waals surface area contributed by atoms with E-state index < -0.39 is 0 Å². The second-order valence-electron chi connectivity index (χ2n) is 7.12. The van der Waals surface area contributed by atoms with Gasteiger partial charge in [-0.2, -0.15) is 0 Å². The van der Waals surface area contributed by atoms with Crippen LogP contribution in [-0.4, -0.2) is 32.8 Å². The zero-order valence-corrected chi connectivity index (χ0v) is 17.1. The zero-order chi connectivity index (χ0) is 20.6. The number of carbonyl (C=O) groups is 1. The molecule has 0 bridgehead atoms. The normalized spacial score (nSPS) is 12.8. The standard InChI is InChI=1S/C23H27NO5/c1-16(2)10-11-27-19-7-4-17(14-21(19)26-3)5-9-23(25)24-18-6-8-20-22(15-18)29-13-12-28-20/h4-9,14-16H,10-13H2,1-3H3,(H,24,25)/b9-5+. The molecular formula is C23H27NO5. The molecule has 6 nitrogen and oxygen atoms in total. The molecule has 0 unspecified atom stereocenters. The van der Waals surface area contributed by atoms with Crippen molar-refractivity contribution in [1.29, 1.82) is 0 Å². The summed E-state index contributed by atoms with van der Waals surface area (Å²) in [6, 6.07) is 10.9. The number of nitrogens with one attached hydrogen (secondary N) is 1. The van der Waals surface area contributed by atoms with E-state index in [-0.39, 0.29) is 5.91 Å². The molecule has 0 fully saturated rings. The third-order valence-corrected chi connectivity index (χ3v) is 4.38. The molecule has 0 aromatic heterocycles. The van der Waals surface area contributed by atoms with Crippen LogP contribution in [0, 0.1) is 5.92 Å². The van der Waals surface area contributed by atoms with E-state index in [1.54, 1.807) is 31.4 Å². The highest BCUT2D eigenvalue weighted by molar-refractivity contribution is 6.02. The van der Waals surface area contributed by atoms with Gasteiger partial charge in [-0.1, -0.05) is 19.9 Å². The maximum absolute atomic E-state index is 12.3. The third-order valence-electron chi connectivity index (χ3n) is 4.38. The van der Waals surface area contributed by atoms with Crippen molar-refractivity contribution in [3.63, 3.8) is 0 Å². The van der Waals surface area contributed by atoms with Crippen LogP contribution in [-0.2, 0) is 4.79 Å². The van der Waals surface area contributed by atoms with Gasteiger partial charge in [-0.25, -0.2) is 0 Å². The van der Waals surface area contributed by atoms with E-state index in [1.807, 2.05) is 18.2 Å². The maximum atomic E-state index is 12.3. The first-order valence-corrected chi connectivity index (χ1v) is 9.74. The summed E-state index contributed by atoms with van der Waals surface area (Å²) >= 11 is 0. The van der Waals surface area contributed by atoms with Gasteiger partial charge in [-0.15, -0.1) is 0 Å². The molecule has 1 amide bonds. The van der Waals surface area contributed by atoms with Crippen molar-refractivity contribution >= 4 is 17.7 Å². The van der Waals surface area contributed by atoms with Gasteiger partial charge in [0.15, 0.2) is 23.0 Å². The smallest absolute Gasteiger partial charge is 0.248 e. The van der Waals surface area contributed by atoms with Crippen LogP contribution in [0.1, 0.15) is 25.8 Å². The molecular weight excluding hydrogens is 370 g/mol. The molecule has 0 radical (unpaired) electrons.